The molecule has 1 amide bonds. The Bertz CT molecular complexity index is 1150. The summed E-state index contributed by atoms with van der Waals surface area (Å²) in [5, 5.41) is 2.69. The number of ether oxygens (including phenoxy) is 1. The van der Waals surface area contributed by atoms with Crippen LogP contribution in [-0.2, 0) is 14.8 Å². The largest absolute Gasteiger partial charge is 0.437 e. The third-order valence-corrected chi connectivity index (χ3v) is 6.20. The van der Waals surface area contributed by atoms with Crippen molar-refractivity contribution >= 4 is 21.8 Å². The zero-order valence-electron chi connectivity index (χ0n) is 17.9. The molecule has 3 aromatic rings. The van der Waals surface area contributed by atoms with Crippen LogP contribution in [0, 0.1) is 6.92 Å². The number of carbonyl (C=O) groups excluding carboxylic acids is 1. The predicted octanol–water partition coefficient (Wildman–Crippen LogP) is 5.21. The van der Waals surface area contributed by atoms with Crippen LogP contribution < -0.4 is 10.0 Å². The molecule has 0 fully saturated rings. The van der Waals surface area contributed by atoms with Crippen LogP contribution in [0.15, 0.2) is 102 Å². The highest BCUT2D eigenvalue weighted by Crippen LogP contribution is 2.20. The number of rotatable bonds is 8. The first kappa shape index (κ1) is 23.2. The Morgan fingerprint density at radius 1 is 0.875 bits per heavy atom. The molecule has 3 rings (SSSR count). The van der Waals surface area contributed by atoms with E-state index in [0.717, 1.165) is 11.1 Å². The van der Waals surface area contributed by atoms with Crippen LogP contribution in [0.25, 0.3) is 0 Å². The van der Waals surface area contributed by atoms with E-state index in [-0.39, 0.29) is 4.90 Å². The van der Waals surface area contributed by atoms with Crippen molar-refractivity contribution in [2.24, 2.45) is 0 Å². The molecule has 0 aromatic heterocycles. The summed E-state index contributed by atoms with van der Waals surface area (Å²) >= 11 is 0. The summed E-state index contributed by atoms with van der Waals surface area (Å²) in [4.78, 5) is 12.6. The number of sulfonamides is 1. The maximum absolute atomic E-state index is 12.6. The highest BCUT2D eigenvalue weighted by molar-refractivity contribution is 7.89. The first-order valence-corrected chi connectivity index (χ1v) is 11.7. The standard InChI is InChI=1S/C25H26N2O4S/c1-19-13-16-23(17-14-19)32(29,30)27-20(2)15-18-24(21-9-5-3-6-10-21)31-25(28)26-22-11-7-4-8-12-22/h3-18,20,24,27H,1-2H3,(H,26,28)/t20-,24-/m1/s1. The summed E-state index contributed by atoms with van der Waals surface area (Å²) in [6, 6.07) is 24.3. The molecule has 2 atom stereocenters. The van der Waals surface area contributed by atoms with Gasteiger partial charge in [-0.2, -0.15) is 0 Å². The Hall–Kier alpha value is -3.42. The van der Waals surface area contributed by atoms with Gasteiger partial charge in [-0.15, -0.1) is 0 Å². The van der Waals surface area contributed by atoms with Gasteiger partial charge < -0.3 is 4.74 Å². The fraction of sp³-hybridized carbons (Fsp3) is 0.160. The van der Waals surface area contributed by atoms with Crippen LogP contribution in [0.2, 0.25) is 0 Å². The lowest BCUT2D eigenvalue weighted by Gasteiger charge is -2.17. The normalized spacial score (nSPS) is 13.4. The minimum atomic E-state index is -3.67. The van der Waals surface area contributed by atoms with E-state index in [0.29, 0.717) is 5.69 Å². The second-order valence-corrected chi connectivity index (χ2v) is 9.05. The van der Waals surface area contributed by atoms with Gasteiger partial charge in [0.15, 0.2) is 0 Å². The quantitative estimate of drug-likeness (QED) is 0.462. The van der Waals surface area contributed by atoms with Crippen molar-refractivity contribution in [2.45, 2.75) is 30.9 Å². The van der Waals surface area contributed by atoms with E-state index < -0.39 is 28.3 Å². The summed E-state index contributed by atoms with van der Waals surface area (Å²) < 4.78 is 33.4. The van der Waals surface area contributed by atoms with Gasteiger partial charge in [0.1, 0.15) is 6.10 Å². The number of amides is 1. The Kier molecular flexibility index (Phi) is 7.81. The van der Waals surface area contributed by atoms with Crippen molar-refractivity contribution in [2.75, 3.05) is 5.32 Å². The van der Waals surface area contributed by atoms with E-state index in [9.17, 15) is 13.2 Å². The van der Waals surface area contributed by atoms with Gasteiger partial charge in [0, 0.05) is 11.7 Å². The van der Waals surface area contributed by atoms with Crippen LogP contribution in [0.4, 0.5) is 10.5 Å². The smallest absolute Gasteiger partial charge is 0.412 e. The van der Waals surface area contributed by atoms with Gasteiger partial charge in [-0.05, 0) is 49.8 Å². The summed E-state index contributed by atoms with van der Waals surface area (Å²) in [5.74, 6) is 0. The summed E-state index contributed by atoms with van der Waals surface area (Å²) in [6.45, 7) is 3.61. The molecule has 0 radical (unpaired) electrons. The average Bonchev–Trinajstić information content (AvgIpc) is 2.78. The van der Waals surface area contributed by atoms with Crippen LogP contribution in [-0.4, -0.2) is 20.6 Å². The number of benzene rings is 3. The lowest BCUT2D eigenvalue weighted by atomic mass is 10.1. The summed E-state index contributed by atoms with van der Waals surface area (Å²) in [7, 11) is -3.67. The van der Waals surface area contributed by atoms with Gasteiger partial charge in [0.25, 0.3) is 0 Å². The Morgan fingerprint density at radius 2 is 1.47 bits per heavy atom. The molecule has 3 aromatic carbocycles. The van der Waals surface area contributed by atoms with E-state index >= 15 is 0 Å². The fourth-order valence-electron chi connectivity index (χ4n) is 2.98. The van der Waals surface area contributed by atoms with E-state index in [4.69, 9.17) is 4.74 Å². The van der Waals surface area contributed by atoms with Gasteiger partial charge in [-0.1, -0.05) is 72.3 Å². The number of para-hydroxylation sites is 1. The minimum Gasteiger partial charge on any atom is -0.437 e. The van der Waals surface area contributed by atoms with Crippen LogP contribution >= 0.6 is 0 Å². The van der Waals surface area contributed by atoms with Crippen molar-refractivity contribution in [1.29, 1.82) is 0 Å². The fourth-order valence-corrected chi connectivity index (χ4v) is 4.18. The van der Waals surface area contributed by atoms with E-state index in [1.54, 1.807) is 55.5 Å². The zero-order chi connectivity index (χ0) is 23.0. The third kappa shape index (κ3) is 6.80. The number of anilines is 1. The van der Waals surface area contributed by atoms with Crippen molar-refractivity contribution < 1.29 is 17.9 Å². The first-order chi connectivity index (χ1) is 15.3. The topological polar surface area (TPSA) is 84.5 Å². The third-order valence-electron chi connectivity index (χ3n) is 4.63. The molecule has 0 aliphatic rings. The molecule has 0 unspecified atom stereocenters. The van der Waals surface area contributed by atoms with E-state index in [1.807, 2.05) is 55.5 Å². The van der Waals surface area contributed by atoms with Gasteiger partial charge in [0.2, 0.25) is 10.0 Å². The van der Waals surface area contributed by atoms with Gasteiger partial charge in [-0.3, -0.25) is 5.32 Å². The molecule has 0 heterocycles. The van der Waals surface area contributed by atoms with Crippen molar-refractivity contribution in [3.05, 3.63) is 108 Å². The monoisotopic (exact) mass is 450 g/mol. The highest BCUT2D eigenvalue weighted by Gasteiger charge is 2.18. The number of carbonyl (C=O) groups is 1. The number of hydrogen-bond donors (Lipinski definition) is 2. The van der Waals surface area contributed by atoms with Gasteiger partial charge >= 0.3 is 6.09 Å². The average molecular weight is 451 g/mol. The van der Waals surface area contributed by atoms with Crippen molar-refractivity contribution in [3.8, 4) is 0 Å². The molecule has 0 bridgehead atoms. The van der Waals surface area contributed by atoms with E-state index in [1.165, 1.54) is 0 Å². The SMILES string of the molecule is Cc1ccc(S(=O)(=O)N[C@H](C)C=C[C@@H](OC(=O)Nc2ccccc2)c2ccccc2)cc1. The molecule has 0 saturated heterocycles. The number of aryl methyl sites for hydroxylation is 1. The summed E-state index contributed by atoms with van der Waals surface area (Å²) in [5.41, 5.74) is 2.36. The van der Waals surface area contributed by atoms with Crippen LogP contribution in [0.3, 0.4) is 0 Å². The molecular formula is C25H26N2O4S. The Morgan fingerprint density at radius 3 is 2.09 bits per heavy atom. The molecule has 0 spiro atoms. The molecular weight excluding hydrogens is 424 g/mol. The Labute approximate surface area is 189 Å². The lowest BCUT2D eigenvalue weighted by Crippen LogP contribution is -2.31. The van der Waals surface area contributed by atoms with Crippen molar-refractivity contribution in [3.63, 3.8) is 0 Å². The van der Waals surface area contributed by atoms with Crippen molar-refractivity contribution in [1.82, 2.24) is 4.72 Å². The predicted molar refractivity (Wildman–Crippen MR) is 126 cm³/mol. The molecule has 0 aliphatic heterocycles. The van der Waals surface area contributed by atoms with E-state index in [2.05, 4.69) is 10.0 Å². The maximum Gasteiger partial charge on any atom is 0.412 e. The van der Waals surface area contributed by atoms with Crippen LogP contribution in [0.1, 0.15) is 24.2 Å². The lowest BCUT2D eigenvalue weighted by molar-refractivity contribution is 0.134. The van der Waals surface area contributed by atoms with Gasteiger partial charge in [0.05, 0.1) is 4.90 Å². The Balaban J connectivity index is 1.71. The van der Waals surface area contributed by atoms with Gasteiger partial charge in [-0.25, -0.2) is 17.9 Å². The summed E-state index contributed by atoms with van der Waals surface area (Å²) in [6.07, 6.45) is 2.04. The second-order valence-electron chi connectivity index (χ2n) is 7.34. The molecule has 32 heavy (non-hydrogen) atoms. The molecule has 166 valence electrons. The number of hydrogen-bond acceptors (Lipinski definition) is 4. The molecule has 7 heteroatoms. The number of nitrogens with one attached hydrogen (secondary N) is 2. The molecule has 6 nitrogen and oxygen atoms in total. The first-order valence-electron chi connectivity index (χ1n) is 10.2. The molecule has 2 N–H and O–H groups in total. The maximum atomic E-state index is 12.6. The second kappa shape index (κ2) is 10.7. The molecule has 0 aliphatic carbocycles. The minimum absolute atomic E-state index is 0.196. The zero-order valence-corrected chi connectivity index (χ0v) is 18.8. The molecule has 0 saturated carbocycles. The highest BCUT2D eigenvalue weighted by atomic mass is 32.2. The van der Waals surface area contributed by atoms with Crippen LogP contribution in [0.5, 0.6) is 0 Å².